The second-order valence-electron chi connectivity index (χ2n) is 8.23. The fourth-order valence-electron chi connectivity index (χ4n) is 4.02. The molecule has 2 aromatic carbocycles. The molecule has 0 aromatic heterocycles. The first kappa shape index (κ1) is 20.8. The number of carbonyl (C=O) groups is 1. The number of nitrogens with zero attached hydrogens (tertiary/aromatic N) is 3. The van der Waals surface area contributed by atoms with E-state index in [0.29, 0.717) is 32.2 Å². The summed E-state index contributed by atoms with van der Waals surface area (Å²) in [6, 6.07) is 15.5. The maximum absolute atomic E-state index is 13.9. The van der Waals surface area contributed by atoms with Gasteiger partial charge in [0.25, 0.3) is 0 Å². The van der Waals surface area contributed by atoms with Gasteiger partial charge in [0.1, 0.15) is 11.6 Å². The quantitative estimate of drug-likeness (QED) is 0.669. The number of carbonyl (C=O) groups excluding carboxylic acids is 1. The minimum absolute atomic E-state index is 0.158. The van der Waals surface area contributed by atoms with Gasteiger partial charge in [-0.2, -0.15) is 0 Å². The molecule has 1 aliphatic carbocycles. The second kappa shape index (κ2) is 9.58. The van der Waals surface area contributed by atoms with Gasteiger partial charge >= 0.3 is 0 Å². The summed E-state index contributed by atoms with van der Waals surface area (Å²) in [7, 11) is 1.67. The standard InChI is InChI=1S/C24H30FN3O2/c1-30-22-10-6-19(7-11-22)16-28(21-8-9-21)18-24(29)27-14-12-26(13-15-27)17-20-4-2-3-5-23(20)25/h2-7,10-11,21H,8-9,12-18H2,1H3. The fraction of sp³-hybridized carbons (Fsp3) is 0.458. The predicted octanol–water partition coefficient (Wildman–Crippen LogP) is 3.14. The van der Waals surface area contributed by atoms with Gasteiger partial charge in [-0.15, -0.1) is 0 Å². The van der Waals surface area contributed by atoms with E-state index in [0.717, 1.165) is 30.9 Å². The highest BCUT2D eigenvalue weighted by molar-refractivity contribution is 5.78. The Morgan fingerprint density at radius 2 is 1.77 bits per heavy atom. The number of ether oxygens (including phenoxy) is 1. The Labute approximate surface area is 178 Å². The van der Waals surface area contributed by atoms with Crippen LogP contribution in [0.4, 0.5) is 4.39 Å². The van der Waals surface area contributed by atoms with Gasteiger partial charge in [-0.1, -0.05) is 30.3 Å². The molecule has 30 heavy (non-hydrogen) atoms. The van der Waals surface area contributed by atoms with E-state index in [1.807, 2.05) is 29.2 Å². The third-order valence-corrected chi connectivity index (χ3v) is 6.02. The molecule has 160 valence electrons. The Morgan fingerprint density at radius 3 is 2.40 bits per heavy atom. The van der Waals surface area contributed by atoms with Crippen LogP contribution in [0.1, 0.15) is 24.0 Å². The van der Waals surface area contributed by atoms with Crippen LogP contribution in [0.5, 0.6) is 5.75 Å². The normalized spacial score (nSPS) is 17.4. The van der Waals surface area contributed by atoms with E-state index in [4.69, 9.17) is 4.74 Å². The maximum atomic E-state index is 13.9. The lowest BCUT2D eigenvalue weighted by atomic mass is 10.2. The number of halogens is 1. The Balaban J connectivity index is 1.28. The van der Waals surface area contributed by atoms with E-state index in [1.165, 1.54) is 24.5 Å². The van der Waals surface area contributed by atoms with Gasteiger partial charge < -0.3 is 9.64 Å². The number of rotatable bonds is 8. The van der Waals surface area contributed by atoms with E-state index in [9.17, 15) is 9.18 Å². The maximum Gasteiger partial charge on any atom is 0.236 e. The minimum atomic E-state index is -0.158. The molecule has 2 aliphatic rings. The molecule has 0 N–H and O–H groups in total. The summed E-state index contributed by atoms with van der Waals surface area (Å²) in [5.41, 5.74) is 1.92. The molecule has 2 aromatic rings. The molecule has 5 nitrogen and oxygen atoms in total. The second-order valence-corrected chi connectivity index (χ2v) is 8.23. The molecular weight excluding hydrogens is 381 g/mol. The number of amides is 1. The van der Waals surface area contributed by atoms with Crippen LogP contribution >= 0.6 is 0 Å². The largest absolute Gasteiger partial charge is 0.497 e. The van der Waals surface area contributed by atoms with Crippen molar-refractivity contribution in [1.29, 1.82) is 0 Å². The van der Waals surface area contributed by atoms with Crippen molar-refractivity contribution < 1.29 is 13.9 Å². The Morgan fingerprint density at radius 1 is 1.07 bits per heavy atom. The van der Waals surface area contributed by atoms with Crippen molar-refractivity contribution in [2.45, 2.75) is 32.0 Å². The summed E-state index contributed by atoms with van der Waals surface area (Å²) in [6.45, 7) is 4.81. The number of methoxy groups -OCH3 is 1. The van der Waals surface area contributed by atoms with Crippen LogP contribution < -0.4 is 4.74 Å². The molecule has 0 unspecified atom stereocenters. The third kappa shape index (κ3) is 5.37. The minimum Gasteiger partial charge on any atom is -0.497 e. The van der Waals surface area contributed by atoms with Gasteiger partial charge in [0.05, 0.1) is 13.7 Å². The lowest BCUT2D eigenvalue weighted by molar-refractivity contribution is -0.134. The smallest absolute Gasteiger partial charge is 0.236 e. The zero-order valence-electron chi connectivity index (χ0n) is 17.6. The SMILES string of the molecule is COc1ccc(CN(CC(=O)N2CCN(Cc3ccccc3F)CC2)C2CC2)cc1. The summed E-state index contributed by atoms with van der Waals surface area (Å²) in [5.74, 6) is 0.886. The first-order valence-electron chi connectivity index (χ1n) is 10.7. The summed E-state index contributed by atoms with van der Waals surface area (Å²) < 4.78 is 19.1. The van der Waals surface area contributed by atoms with Crippen molar-refractivity contribution in [1.82, 2.24) is 14.7 Å². The number of hydrogen-bond acceptors (Lipinski definition) is 4. The average Bonchev–Trinajstić information content (AvgIpc) is 3.61. The molecule has 6 heteroatoms. The zero-order valence-corrected chi connectivity index (χ0v) is 17.6. The number of benzene rings is 2. The van der Waals surface area contributed by atoms with Gasteiger partial charge in [-0.25, -0.2) is 4.39 Å². The molecule has 1 amide bonds. The lowest BCUT2D eigenvalue weighted by Crippen LogP contribution is -2.51. The Hall–Kier alpha value is -2.44. The summed E-state index contributed by atoms with van der Waals surface area (Å²) in [5, 5.41) is 0. The van der Waals surface area contributed by atoms with Gasteiger partial charge in [-0.05, 0) is 36.6 Å². The molecule has 0 spiro atoms. The van der Waals surface area contributed by atoms with E-state index in [2.05, 4.69) is 21.9 Å². The average molecular weight is 412 g/mol. The molecule has 0 bridgehead atoms. The van der Waals surface area contributed by atoms with E-state index < -0.39 is 0 Å². The van der Waals surface area contributed by atoms with Crippen molar-refractivity contribution in [2.24, 2.45) is 0 Å². The topological polar surface area (TPSA) is 36.0 Å². The molecule has 1 saturated carbocycles. The third-order valence-electron chi connectivity index (χ3n) is 6.02. The van der Waals surface area contributed by atoms with Crippen molar-refractivity contribution in [3.63, 3.8) is 0 Å². The highest BCUT2D eigenvalue weighted by atomic mass is 19.1. The first-order valence-corrected chi connectivity index (χ1v) is 10.7. The number of hydrogen-bond donors (Lipinski definition) is 0. The highest BCUT2D eigenvalue weighted by Crippen LogP contribution is 2.28. The van der Waals surface area contributed by atoms with Gasteiger partial charge in [0, 0.05) is 50.9 Å². The summed E-state index contributed by atoms with van der Waals surface area (Å²) >= 11 is 0. The summed E-state index contributed by atoms with van der Waals surface area (Å²) in [4.78, 5) is 19.4. The van der Waals surface area contributed by atoms with Crippen LogP contribution in [0.3, 0.4) is 0 Å². The van der Waals surface area contributed by atoms with Crippen LogP contribution in [-0.2, 0) is 17.9 Å². The van der Waals surface area contributed by atoms with Crippen LogP contribution in [0.25, 0.3) is 0 Å². The van der Waals surface area contributed by atoms with Gasteiger partial charge in [0.15, 0.2) is 0 Å². The van der Waals surface area contributed by atoms with E-state index >= 15 is 0 Å². The molecule has 1 heterocycles. The zero-order chi connectivity index (χ0) is 20.9. The van der Waals surface area contributed by atoms with E-state index in [-0.39, 0.29) is 11.7 Å². The highest BCUT2D eigenvalue weighted by Gasteiger charge is 2.32. The molecular formula is C24H30FN3O2. The number of piperazine rings is 1. The van der Waals surface area contributed by atoms with Gasteiger partial charge in [0.2, 0.25) is 5.91 Å². The van der Waals surface area contributed by atoms with Gasteiger partial charge in [-0.3, -0.25) is 14.6 Å². The molecule has 1 saturated heterocycles. The molecule has 0 atom stereocenters. The van der Waals surface area contributed by atoms with Crippen molar-refractivity contribution in [3.8, 4) is 5.75 Å². The van der Waals surface area contributed by atoms with E-state index in [1.54, 1.807) is 13.2 Å². The van der Waals surface area contributed by atoms with Crippen LogP contribution in [0, 0.1) is 5.82 Å². The van der Waals surface area contributed by atoms with Crippen LogP contribution in [0.2, 0.25) is 0 Å². The fourth-order valence-corrected chi connectivity index (χ4v) is 4.02. The lowest BCUT2D eigenvalue weighted by Gasteiger charge is -2.36. The van der Waals surface area contributed by atoms with Crippen LogP contribution in [-0.4, -0.2) is 66.5 Å². The molecule has 4 rings (SSSR count). The first-order chi connectivity index (χ1) is 14.6. The predicted molar refractivity (Wildman–Crippen MR) is 115 cm³/mol. The Bertz CT molecular complexity index is 846. The summed E-state index contributed by atoms with van der Waals surface area (Å²) in [6.07, 6.45) is 2.33. The Kier molecular flexibility index (Phi) is 6.65. The molecule has 0 radical (unpaired) electrons. The monoisotopic (exact) mass is 411 g/mol. The van der Waals surface area contributed by atoms with Crippen molar-refractivity contribution >= 4 is 5.91 Å². The van der Waals surface area contributed by atoms with Crippen molar-refractivity contribution in [3.05, 3.63) is 65.5 Å². The molecule has 2 fully saturated rings. The van der Waals surface area contributed by atoms with Crippen LogP contribution in [0.15, 0.2) is 48.5 Å². The molecule has 1 aliphatic heterocycles. The van der Waals surface area contributed by atoms with Crippen molar-refractivity contribution in [2.75, 3.05) is 39.8 Å².